The summed E-state index contributed by atoms with van der Waals surface area (Å²) in [5, 5.41) is 3.33. The summed E-state index contributed by atoms with van der Waals surface area (Å²) in [5.74, 6) is 1.27. The first-order valence-electron chi connectivity index (χ1n) is 6.01. The summed E-state index contributed by atoms with van der Waals surface area (Å²) in [6.45, 7) is 4.12. The Morgan fingerprint density at radius 3 is 2.71 bits per heavy atom. The molecule has 0 aromatic rings. The summed E-state index contributed by atoms with van der Waals surface area (Å²) in [6.07, 6.45) is 6.86. The molecule has 1 saturated carbocycles. The van der Waals surface area contributed by atoms with E-state index in [1.807, 2.05) is 0 Å². The van der Waals surface area contributed by atoms with Crippen molar-refractivity contribution in [3.8, 4) is 0 Å². The minimum absolute atomic E-state index is 0.00951. The average molecular weight is 195 g/mol. The molecule has 0 aromatic heterocycles. The van der Waals surface area contributed by atoms with Crippen molar-refractivity contribution in [1.82, 2.24) is 5.32 Å². The second-order valence-electron chi connectivity index (χ2n) is 4.98. The Bertz CT molecular complexity index is 214. The smallest absolute Gasteiger partial charge is 0.140 e. The number of hydrogen-bond acceptors (Lipinski definition) is 2. The van der Waals surface area contributed by atoms with Crippen LogP contribution in [0.2, 0.25) is 0 Å². The number of ketones is 1. The van der Waals surface area contributed by atoms with E-state index in [9.17, 15) is 4.79 Å². The van der Waals surface area contributed by atoms with Gasteiger partial charge < -0.3 is 5.32 Å². The zero-order valence-electron chi connectivity index (χ0n) is 9.14. The van der Waals surface area contributed by atoms with Crippen LogP contribution in [0.4, 0.5) is 0 Å². The highest BCUT2D eigenvalue weighted by Crippen LogP contribution is 2.37. The highest BCUT2D eigenvalue weighted by molar-refractivity contribution is 5.85. The van der Waals surface area contributed by atoms with Crippen molar-refractivity contribution in [1.29, 1.82) is 0 Å². The molecule has 1 atom stereocenters. The van der Waals surface area contributed by atoms with Crippen molar-refractivity contribution < 1.29 is 4.79 Å². The quantitative estimate of drug-likeness (QED) is 0.744. The first-order chi connectivity index (χ1) is 6.77. The van der Waals surface area contributed by atoms with Gasteiger partial charge in [0.05, 0.1) is 0 Å². The fraction of sp³-hybridized carbons (Fsp3) is 0.917. The molecule has 2 nitrogen and oxygen atoms in total. The normalized spacial score (nSPS) is 32.9. The molecule has 0 aromatic carbocycles. The van der Waals surface area contributed by atoms with E-state index in [1.54, 1.807) is 0 Å². The summed E-state index contributed by atoms with van der Waals surface area (Å²) in [4.78, 5) is 12.2. The van der Waals surface area contributed by atoms with E-state index in [4.69, 9.17) is 0 Å². The lowest BCUT2D eigenvalue weighted by molar-refractivity contribution is -0.129. The van der Waals surface area contributed by atoms with E-state index in [-0.39, 0.29) is 5.41 Å². The second-order valence-corrected chi connectivity index (χ2v) is 4.98. The molecule has 2 fully saturated rings. The van der Waals surface area contributed by atoms with Crippen molar-refractivity contribution in [3.63, 3.8) is 0 Å². The van der Waals surface area contributed by atoms with Crippen molar-refractivity contribution >= 4 is 5.78 Å². The van der Waals surface area contributed by atoms with Crippen LogP contribution in [0.15, 0.2) is 0 Å². The van der Waals surface area contributed by atoms with Crippen LogP contribution in [0, 0.1) is 11.3 Å². The molecule has 1 unspecified atom stereocenters. The zero-order valence-corrected chi connectivity index (χ0v) is 9.14. The van der Waals surface area contributed by atoms with Gasteiger partial charge in [0.1, 0.15) is 5.78 Å². The number of nitrogens with one attached hydrogen (secondary N) is 1. The lowest BCUT2D eigenvalue weighted by atomic mass is 9.73. The summed E-state index contributed by atoms with van der Waals surface area (Å²) in [7, 11) is 0. The minimum Gasteiger partial charge on any atom is -0.316 e. The first kappa shape index (κ1) is 10.2. The van der Waals surface area contributed by atoms with Gasteiger partial charge in [0, 0.05) is 18.4 Å². The maximum absolute atomic E-state index is 12.2. The highest BCUT2D eigenvalue weighted by atomic mass is 16.1. The van der Waals surface area contributed by atoms with Gasteiger partial charge in [-0.25, -0.2) is 0 Å². The molecule has 0 bridgehead atoms. The first-order valence-corrected chi connectivity index (χ1v) is 6.01. The molecule has 1 heterocycles. The number of Topliss-reactive ketones (excluding diaryl/α,β-unsaturated/α-hetero) is 1. The molecule has 1 N–H and O–H groups in total. The van der Waals surface area contributed by atoms with Gasteiger partial charge in [-0.05, 0) is 25.3 Å². The van der Waals surface area contributed by atoms with Crippen LogP contribution in [0.5, 0.6) is 0 Å². The van der Waals surface area contributed by atoms with Crippen LogP contribution in [-0.2, 0) is 4.79 Å². The SMILES string of the molecule is CCC1(C(=O)CC2CCC2)CCNC1. The Hall–Kier alpha value is -0.370. The third-order valence-electron chi connectivity index (χ3n) is 4.21. The molecule has 0 amide bonds. The topological polar surface area (TPSA) is 29.1 Å². The number of rotatable bonds is 4. The Labute approximate surface area is 86.5 Å². The molecule has 2 aliphatic rings. The molecule has 1 saturated heterocycles. The lowest BCUT2D eigenvalue weighted by Gasteiger charge is -2.30. The van der Waals surface area contributed by atoms with E-state index >= 15 is 0 Å². The van der Waals surface area contributed by atoms with Crippen LogP contribution >= 0.6 is 0 Å². The van der Waals surface area contributed by atoms with Crippen LogP contribution < -0.4 is 5.32 Å². The van der Waals surface area contributed by atoms with Gasteiger partial charge in [0.2, 0.25) is 0 Å². The molecule has 80 valence electrons. The Morgan fingerprint density at radius 2 is 2.29 bits per heavy atom. The third-order valence-corrected chi connectivity index (χ3v) is 4.21. The number of carbonyl (C=O) groups is 1. The summed E-state index contributed by atoms with van der Waals surface area (Å²) >= 11 is 0. The van der Waals surface area contributed by atoms with Crippen molar-refractivity contribution in [3.05, 3.63) is 0 Å². The van der Waals surface area contributed by atoms with E-state index in [0.717, 1.165) is 38.3 Å². The Balaban J connectivity index is 1.92. The summed E-state index contributed by atoms with van der Waals surface area (Å²) < 4.78 is 0. The van der Waals surface area contributed by atoms with Crippen LogP contribution in [0.25, 0.3) is 0 Å². The number of hydrogen-bond donors (Lipinski definition) is 1. The Kier molecular flexibility index (Phi) is 2.91. The van der Waals surface area contributed by atoms with E-state index < -0.39 is 0 Å². The summed E-state index contributed by atoms with van der Waals surface area (Å²) in [5.41, 5.74) is 0.00951. The van der Waals surface area contributed by atoms with Crippen LogP contribution in [0.1, 0.15) is 45.4 Å². The highest BCUT2D eigenvalue weighted by Gasteiger charge is 2.40. The van der Waals surface area contributed by atoms with Crippen molar-refractivity contribution in [2.45, 2.75) is 45.4 Å². The van der Waals surface area contributed by atoms with E-state index in [1.165, 1.54) is 19.3 Å². The zero-order chi connectivity index (χ0) is 10.0. The molecule has 0 radical (unpaired) electrons. The van der Waals surface area contributed by atoms with E-state index in [2.05, 4.69) is 12.2 Å². The molecule has 14 heavy (non-hydrogen) atoms. The molecule has 1 aliphatic carbocycles. The predicted molar refractivity (Wildman–Crippen MR) is 57.2 cm³/mol. The lowest BCUT2D eigenvalue weighted by Crippen LogP contribution is -2.35. The predicted octanol–water partition coefficient (Wildman–Crippen LogP) is 2.14. The fourth-order valence-electron chi connectivity index (χ4n) is 2.66. The van der Waals surface area contributed by atoms with Gasteiger partial charge >= 0.3 is 0 Å². The third kappa shape index (κ3) is 1.72. The Morgan fingerprint density at radius 1 is 1.50 bits per heavy atom. The van der Waals surface area contributed by atoms with E-state index in [0.29, 0.717) is 5.78 Å². The minimum atomic E-state index is 0.00951. The fourth-order valence-corrected chi connectivity index (χ4v) is 2.66. The average Bonchev–Trinajstić information content (AvgIpc) is 2.60. The van der Waals surface area contributed by atoms with Crippen molar-refractivity contribution in [2.75, 3.05) is 13.1 Å². The number of carbonyl (C=O) groups excluding carboxylic acids is 1. The van der Waals surface area contributed by atoms with Gasteiger partial charge in [-0.1, -0.05) is 26.2 Å². The van der Waals surface area contributed by atoms with Gasteiger partial charge in [0.15, 0.2) is 0 Å². The maximum atomic E-state index is 12.2. The molecule has 2 rings (SSSR count). The standard InChI is InChI=1S/C12H21NO/c1-2-12(6-7-13-9-12)11(14)8-10-4-3-5-10/h10,13H,2-9H2,1H3. The molecule has 0 spiro atoms. The molecular formula is C12H21NO. The molecule has 1 aliphatic heterocycles. The van der Waals surface area contributed by atoms with Crippen molar-refractivity contribution in [2.24, 2.45) is 11.3 Å². The van der Waals surface area contributed by atoms with Gasteiger partial charge in [0.25, 0.3) is 0 Å². The van der Waals surface area contributed by atoms with Crippen LogP contribution in [0.3, 0.4) is 0 Å². The molecular weight excluding hydrogens is 174 g/mol. The summed E-state index contributed by atoms with van der Waals surface area (Å²) in [6, 6.07) is 0. The second kappa shape index (κ2) is 4.01. The van der Waals surface area contributed by atoms with Gasteiger partial charge in [-0.2, -0.15) is 0 Å². The maximum Gasteiger partial charge on any atom is 0.140 e. The van der Waals surface area contributed by atoms with Crippen LogP contribution in [-0.4, -0.2) is 18.9 Å². The largest absolute Gasteiger partial charge is 0.316 e. The van der Waals surface area contributed by atoms with Gasteiger partial charge in [-0.3, -0.25) is 4.79 Å². The monoisotopic (exact) mass is 195 g/mol. The van der Waals surface area contributed by atoms with Gasteiger partial charge in [-0.15, -0.1) is 0 Å². The molecule has 2 heteroatoms.